The number of nitrogens with zero attached hydrogens (tertiary/aromatic N) is 1. The number of rotatable bonds is 7. The lowest BCUT2D eigenvalue weighted by atomic mass is 10.0. The summed E-state index contributed by atoms with van der Waals surface area (Å²) in [4.78, 5) is 11.9. The maximum absolute atomic E-state index is 11.9. The molecule has 0 saturated carbocycles. The zero-order valence-electron chi connectivity index (χ0n) is 16.2. The van der Waals surface area contributed by atoms with Gasteiger partial charge < -0.3 is 5.32 Å². The van der Waals surface area contributed by atoms with Gasteiger partial charge in [-0.3, -0.25) is 4.79 Å². The zero-order valence-corrected chi connectivity index (χ0v) is 18.4. The summed E-state index contributed by atoms with van der Waals surface area (Å²) in [6, 6.07) is 14.5. The number of halogens is 1. The van der Waals surface area contributed by atoms with Gasteiger partial charge in [0.25, 0.3) is 5.91 Å². The number of benzene rings is 2. The van der Waals surface area contributed by atoms with Crippen molar-refractivity contribution in [1.82, 2.24) is 5.43 Å². The van der Waals surface area contributed by atoms with Gasteiger partial charge in [0.05, 0.1) is 12.8 Å². The van der Waals surface area contributed by atoms with Crippen LogP contribution in [0.15, 0.2) is 53.1 Å². The second-order valence-corrected chi connectivity index (χ2v) is 7.98. The molecule has 2 aromatic rings. The second-order valence-electron chi connectivity index (χ2n) is 6.82. The highest BCUT2D eigenvalue weighted by molar-refractivity contribution is 14.1. The van der Waals surface area contributed by atoms with E-state index in [2.05, 4.69) is 76.5 Å². The van der Waals surface area contributed by atoms with E-state index in [1.54, 1.807) is 6.21 Å². The number of nitrogens with one attached hydrogen (secondary N) is 2. The molecule has 0 bridgehead atoms. The lowest BCUT2D eigenvalue weighted by molar-refractivity contribution is -0.119. The molecule has 1 amide bonds. The van der Waals surface area contributed by atoms with Crippen molar-refractivity contribution in [2.75, 3.05) is 11.9 Å². The molecule has 0 spiro atoms. The number of hydrazone groups is 1. The van der Waals surface area contributed by atoms with Gasteiger partial charge in [-0.25, -0.2) is 5.43 Å². The molecule has 2 aromatic carbocycles. The molecule has 142 valence electrons. The molecular weight excluding hydrogens is 449 g/mol. The van der Waals surface area contributed by atoms with Gasteiger partial charge >= 0.3 is 0 Å². The Balaban J connectivity index is 1.82. The maximum atomic E-state index is 11.9. The van der Waals surface area contributed by atoms with Crippen molar-refractivity contribution in [3.8, 4) is 0 Å². The molecule has 27 heavy (non-hydrogen) atoms. The fourth-order valence-corrected chi connectivity index (χ4v) is 2.80. The first-order valence-electron chi connectivity index (χ1n) is 8.95. The van der Waals surface area contributed by atoms with Crippen molar-refractivity contribution >= 4 is 46.5 Å². The Morgan fingerprint density at radius 3 is 2.52 bits per heavy atom. The average Bonchev–Trinajstić information content (AvgIpc) is 2.63. The number of carbonyl (C=O) groups is 1. The van der Waals surface area contributed by atoms with E-state index in [0.717, 1.165) is 16.8 Å². The zero-order chi connectivity index (χ0) is 19.8. The molecule has 0 aliphatic carbocycles. The third kappa shape index (κ3) is 7.17. The van der Waals surface area contributed by atoms with Crippen molar-refractivity contribution in [2.45, 2.75) is 33.6 Å². The van der Waals surface area contributed by atoms with E-state index >= 15 is 0 Å². The van der Waals surface area contributed by atoms with Crippen molar-refractivity contribution in [3.05, 3.63) is 68.3 Å². The molecule has 0 heterocycles. The van der Waals surface area contributed by atoms with E-state index in [1.165, 1.54) is 14.7 Å². The monoisotopic (exact) mass is 475 g/mol. The predicted molar refractivity (Wildman–Crippen MR) is 123 cm³/mol. The minimum atomic E-state index is -0.184. The van der Waals surface area contributed by atoms with Gasteiger partial charge in [0.15, 0.2) is 0 Å². The number of allylic oxidation sites excluding steroid dienone is 1. The lowest BCUT2D eigenvalue weighted by Crippen LogP contribution is -2.25. The van der Waals surface area contributed by atoms with Crippen molar-refractivity contribution in [3.63, 3.8) is 0 Å². The Morgan fingerprint density at radius 2 is 1.89 bits per heavy atom. The highest BCUT2D eigenvalue weighted by Gasteiger charge is 2.01. The first kappa shape index (κ1) is 21.2. The van der Waals surface area contributed by atoms with Crippen molar-refractivity contribution in [1.29, 1.82) is 0 Å². The number of hydrogen-bond donors (Lipinski definition) is 2. The SMILES string of the molecule is C/C(C=NNC(=O)CNc1ccc(I)c(C)c1)=C/c1ccc(C(C)C)cc1. The quantitative estimate of drug-likeness (QED) is 0.323. The molecule has 2 rings (SSSR count). The van der Waals surface area contributed by atoms with Crippen LogP contribution in [0, 0.1) is 10.5 Å². The largest absolute Gasteiger partial charge is 0.376 e. The molecule has 0 atom stereocenters. The van der Waals surface area contributed by atoms with Gasteiger partial charge in [0.1, 0.15) is 0 Å². The molecule has 0 aliphatic heterocycles. The molecule has 0 unspecified atom stereocenters. The van der Waals surface area contributed by atoms with Crippen LogP contribution in [-0.4, -0.2) is 18.7 Å². The van der Waals surface area contributed by atoms with Crippen LogP contribution in [0.25, 0.3) is 6.08 Å². The minimum Gasteiger partial charge on any atom is -0.376 e. The van der Waals surface area contributed by atoms with Gasteiger partial charge in [-0.05, 0) is 82.8 Å². The summed E-state index contributed by atoms with van der Waals surface area (Å²) in [6.45, 7) is 8.54. The topological polar surface area (TPSA) is 53.5 Å². The number of aryl methyl sites for hydroxylation is 1. The fraction of sp³-hybridized carbons (Fsp3) is 0.273. The fourth-order valence-electron chi connectivity index (χ4n) is 2.46. The van der Waals surface area contributed by atoms with E-state index in [-0.39, 0.29) is 12.5 Å². The summed E-state index contributed by atoms with van der Waals surface area (Å²) in [5, 5.41) is 7.12. The van der Waals surface area contributed by atoms with Crippen LogP contribution in [-0.2, 0) is 4.79 Å². The summed E-state index contributed by atoms with van der Waals surface area (Å²) >= 11 is 2.29. The van der Waals surface area contributed by atoms with E-state index < -0.39 is 0 Å². The van der Waals surface area contributed by atoms with Crippen molar-refractivity contribution in [2.24, 2.45) is 5.10 Å². The Hall–Kier alpha value is -2.15. The van der Waals surface area contributed by atoms with Gasteiger partial charge in [-0.15, -0.1) is 0 Å². The Labute approximate surface area is 175 Å². The molecule has 0 radical (unpaired) electrons. The molecule has 4 nitrogen and oxygen atoms in total. The molecule has 0 saturated heterocycles. The van der Waals surface area contributed by atoms with E-state index in [0.29, 0.717) is 5.92 Å². The number of carbonyl (C=O) groups excluding carboxylic acids is 1. The van der Waals surface area contributed by atoms with Crippen LogP contribution in [0.1, 0.15) is 43.4 Å². The van der Waals surface area contributed by atoms with Gasteiger partial charge in [0, 0.05) is 9.26 Å². The van der Waals surface area contributed by atoms with Crippen LogP contribution in [0.2, 0.25) is 0 Å². The van der Waals surface area contributed by atoms with Crippen molar-refractivity contribution < 1.29 is 4.79 Å². The summed E-state index contributed by atoms with van der Waals surface area (Å²) in [7, 11) is 0. The predicted octanol–water partition coefficient (Wildman–Crippen LogP) is 5.34. The highest BCUT2D eigenvalue weighted by Crippen LogP contribution is 2.17. The average molecular weight is 475 g/mol. The number of amides is 1. The van der Waals surface area contributed by atoms with Gasteiger partial charge in [-0.1, -0.05) is 44.2 Å². The Bertz CT molecular complexity index is 839. The van der Waals surface area contributed by atoms with Gasteiger partial charge in [-0.2, -0.15) is 5.10 Å². The normalized spacial score (nSPS) is 11.9. The van der Waals surface area contributed by atoms with Crippen LogP contribution in [0.4, 0.5) is 5.69 Å². The summed E-state index contributed by atoms with van der Waals surface area (Å²) in [5.41, 5.74) is 8.05. The summed E-state index contributed by atoms with van der Waals surface area (Å²) in [5.74, 6) is 0.342. The Kier molecular flexibility index (Phi) is 8.03. The number of anilines is 1. The molecule has 0 fully saturated rings. The first-order chi connectivity index (χ1) is 12.8. The van der Waals surface area contributed by atoms with Crippen LogP contribution >= 0.6 is 22.6 Å². The maximum Gasteiger partial charge on any atom is 0.259 e. The molecule has 0 aliphatic rings. The number of hydrogen-bond acceptors (Lipinski definition) is 3. The van der Waals surface area contributed by atoms with Gasteiger partial charge in [0.2, 0.25) is 0 Å². The lowest BCUT2D eigenvalue weighted by Gasteiger charge is -2.07. The smallest absolute Gasteiger partial charge is 0.259 e. The summed E-state index contributed by atoms with van der Waals surface area (Å²) < 4.78 is 1.20. The minimum absolute atomic E-state index is 0.177. The van der Waals surface area contributed by atoms with Crippen LogP contribution < -0.4 is 10.7 Å². The van der Waals surface area contributed by atoms with E-state index in [9.17, 15) is 4.79 Å². The standard InChI is InChI=1S/C22H26IN3O/c1-15(2)19-7-5-18(6-8-19)11-16(3)13-25-26-22(27)14-24-20-9-10-21(23)17(4)12-20/h5-13,15,24H,14H2,1-4H3,(H,26,27)/b16-11-,25-13?. The van der Waals surface area contributed by atoms with E-state index in [4.69, 9.17) is 0 Å². The second kappa shape index (κ2) is 10.3. The van der Waals surface area contributed by atoms with E-state index in [1.807, 2.05) is 38.1 Å². The van der Waals surface area contributed by atoms with Crippen LogP contribution in [0.5, 0.6) is 0 Å². The highest BCUT2D eigenvalue weighted by atomic mass is 127. The molecule has 5 heteroatoms. The molecular formula is C22H26IN3O. The molecule has 0 aromatic heterocycles. The first-order valence-corrected chi connectivity index (χ1v) is 10.0. The summed E-state index contributed by atoms with van der Waals surface area (Å²) in [6.07, 6.45) is 3.69. The Morgan fingerprint density at radius 1 is 1.19 bits per heavy atom. The third-order valence-electron chi connectivity index (χ3n) is 4.07. The third-order valence-corrected chi connectivity index (χ3v) is 5.28. The van der Waals surface area contributed by atoms with Crippen LogP contribution in [0.3, 0.4) is 0 Å². The molecule has 2 N–H and O–H groups in total.